The molecule has 174 valence electrons. The molecule has 1 aromatic carbocycles. The van der Waals surface area contributed by atoms with Crippen molar-refractivity contribution < 1.29 is 19.1 Å². The summed E-state index contributed by atoms with van der Waals surface area (Å²) in [6.07, 6.45) is 7.34. The van der Waals surface area contributed by atoms with E-state index < -0.39 is 0 Å². The van der Waals surface area contributed by atoms with Gasteiger partial charge in [-0.2, -0.15) is 0 Å². The molecule has 1 amide bonds. The molecule has 3 aromatic heterocycles. The van der Waals surface area contributed by atoms with Crippen LogP contribution in [0.1, 0.15) is 35.0 Å². The molecular weight excluding hydrogens is 432 g/mol. The topological polar surface area (TPSA) is 86.0 Å². The fourth-order valence-electron chi connectivity index (χ4n) is 3.54. The SMILES string of the molecule is CCOC(=O)CCN(Cc1cccnc1)C(=O)c1cccc(OCc2cn3ccccc3n2)c1. The Morgan fingerprint density at radius 3 is 2.79 bits per heavy atom. The number of ether oxygens (including phenoxy) is 2. The summed E-state index contributed by atoms with van der Waals surface area (Å²) in [4.78, 5) is 35.5. The molecule has 0 aliphatic heterocycles. The quantitative estimate of drug-likeness (QED) is 0.335. The molecule has 4 rings (SSSR count). The molecule has 0 atom stereocenters. The predicted octanol–water partition coefficient (Wildman–Crippen LogP) is 3.90. The molecular formula is C26H26N4O4. The third-order valence-electron chi connectivity index (χ3n) is 5.16. The highest BCUT2D eigenvalue weighted by molar-refractivity contribution is 5.94. The summed E-state index contributed by atoms with van der Waals surface area (Å²) in [6.45, 7) is 2.91. The highest BCUT2D eigenvalue weighted by Gasteiger charge is 2.19. The Bertz CT molecular complexity index is 1220. The minimum atomic E-state index is -0.337. The number of aromatic nitrogens is 3. The summed E-state index contributed by atoms with van der Waals surface area (Å²) < 4.78 is 12.9. The van der Waals surface area contributed by atoms with E-state index in [4.69, 9.17) is 9.47 Å². The highest BCUT2D eigenvalue weighted by Crippen LogP contribution is 2.18. The predicted molar refractivity (Wildman–Crippen MR) is 126 cm³/mol. The number of hydrogen-bond acceptors (Lipinski definition) is 6. The lowest BCUT2D eigenvalue weighted by atomic mass is 10.1. The summed E-state index contributed by atoms with van der Waals surface area (Å²) >= 11 is 0. The second-order valence-corrected chi connectivity index (χ2v) is 7.66. The lowest BCUT2D eigenvalue weighted by Crippen LogP contribution is -2.33. The van der Waals surface area contributed by atoms with Gasteiger partial charge in [0, 0.05) is 43.4 Å². The van der Waals surface area contributed by atoms with Gasteiger partial charge in [-0.3, -0.25) is 14.6 Å². The Morgan fingerprint density at radius 2 is 2.00 bits per heavy atom. The fourth-order valence-corrected chi connectivity index (χ4v) is 3.54. The average Bonchev–Trinajstić information content (AvgIpc) is 3.29. The van der Waals surface area contributed by atoms with Gasteiger partial charge >= 0.3 is 5.97 Å². The molecule has 0 saturated carbocycles. The molecule has 0 bridgehead atoms. The largest absolute Gasteiger partial charge is 0.487 e. The third-order valence-corrected chi connectivity index (χ3v) is 5.16. The summed E-state index contributed by atoms with van der Waals surface area (Å²) in [5, 5.41) is 0. The Morgan fingerprint density at radius 1 is 1.09 bits per heavy atom. The molecule has 3 heterocycles. The van der Waals surface area contributed by atoms with Gasteiger partial charge in [0.25, 0.3) is 5.91 Å². The van der Waals surface area contributed by atoms with E-state index in [1.165, 1.54) is 0 Å². The Balaban J connectivity index is 1.46. The number of fused-ring (bicyclic) bond motifs is 1. The first-order chi connectivity index (χ1) is 16.6. The highest BCUT2D eigenvalue weighted by atomic mass is 16.5. The molecule has 0 spiro atoms. The van der Waals surface area contributed by atoms with E-state index >= 15 is 0 Å². The lowest BCUT2D eigenvalue weighted by molar-refractivity contribution is -0.143. The maximum Gasteiger partial charge on any atom is 0.307 e. The molecule has 34 heavy (non-hydrogen) atoms. The van der Waals surface area contributed by atoms with Crippen molar-refractivity contribution in [2.75, 3.05) is 13.2 Å². The minimum absolute atomic E-state index is 0.115. The van der Waals surface area contributed by atoms with Gasteiger partial charge in [0.15, 0.2) is 0 Å². The number of carbonyl (C=O) groups excluding carboxylic acids is 2. The first kappa shape index (κ1) is 23.0. The first-order valence-electron chi connectivity index (χ1n) is 11.1. The van der Waals surface area contributed by atoms with Crippen molar-refractivity contribution in [1.29, 1.82) is 0 Å². The number of rotatable bonds is 10. The van der Waals surface area contributed by atoms with Crippen molar-refractivity contribution in [1.82, 2.24) is 19.3 Å². The molecule has 8 heteroatoms. The van der Waals surface area contributed by atoms with Crippen LogP contribution in [0.15, 0.2) is 79.4 Å². The normalized spacial score (nSPS) is 10.7. The van der Waals surface area contributed by atoms with Crippen LogP contribution in [0.25, 0.3) is 5.65 Å². The van der Waals surface area contributed by atoms with Gasteiger partial charge in [-0.1, -0.05) is 18.2 Å². The zero-order valence-corrected chi connectivity index (χ0v) is 19.0. The smallest absolute Gasteiger partial charge is 0.307 e. The van der Waals surface area contributed by atoms with E-state index in [1.807, 2.05) is 47.1 Å². The van der Waals surface area contributed by atoms with Gasteiger partial charge in [0.2, 0.25) is 0 Å². The molecule has 0 unspecified atom stereocenters. The summed E-state index contributed by atoms with van der Waals surface area (Å²) in [5.74, 6) is 0.0250. The van der Waals surface area contributed by atoms with Gasteiger partial charge in [-0.15, -0.1) is 0 Å². The van der Waals surface area contributed by atoms with Crippen LogP contribution in [0.5, 0.6) is 5.75 Å². The Hall–Kier alpha value is -4.20. The maximum atomic E-state index is 13.3. The van der Waals surface area contributed by atoms with Crippen LogP contribution in [0.4, 0.5) is 0 Å². The van der Waals surface area contributed by atoms with E-state index in [-0.39, 0.29) is 31.4 Å². The number of hydrogen-bond donors (Lipinski definition) is 0. The van der Waals surface area contributed by atoms with Crippen molar-refractivity contribution in [3.05, 3.63) is 96.2 Å². The fraction of sp³-hybridized carbons (Fsp3) is 0.231. The van der Waals surface area contributed by atoms with Crippen molar-refractivity contribution in [3.63, 3.8) is 0 Å². The van der Waals surface area contributed by atoms with Gasteiger partial charge in [0.1, 0.15) is 18.0 Å². The van der Waals surface area contributed by atoms with E-state index in [9.17, 15) is 9.59 Å². The van der Waals surface area contributed by atoms with Crippen molar-refractivity contribution in [3.8, 4) is 5.75 Å². The number of esters is 1. The van der Waals surface area contributed by atoms with Gasteiger partial charge < -0.3 is 18.8 Å². The Kier molecular flexibility index (Phi) is 7.49. The van der Waals surface area contributed by atoms with Crippen LogP contribution in [0.2, 0.25) is 0 Å². The minimum Gasteiger partial charge on any atom is -0.487 e. The number of amides is 1. The van der Waals surface area contributed by atoms with E-state index in [2.05, 4.69) is 9.97 Å². The second-order valence-electron chi connectivity index (χ2n) is 7.66. The zero-order chi connectivity index (χ0) is 23.8. The van der Waals surface area contributed by atoms with E-state index in [0.717, 1.165) is 16.9 Å². The van der Waals surface area contributed by atoms with Gasteiger partial charge in [0.05, 0.1) is 18.7 Å². The second kappa shape index (κ2) is 11.1. The molecule has 0 aliphatic rings. The molecule has 0 saturated heterocycles. The third kappa shape index (κ3) is 5.98. The standard InChI is InChI=1S/C26H26N4O4/c1-2-33-25(31)11-14-30(17-20-7-6-12-27-16-20)26(32)21-8-5-9-23(15-21)34-19-22-18-29-13-4-3-10-24(29)28-22/h3-10,12-13,15-16,18H,2,11,14,17,19H2,1H3. The van der Waals surface area contributed by atoms with Gasteiger partial charge in [-0.05, 0) is 48.9 Å². The van der Waals surface area contributed by atoms with Crippen molar-refractivity contribution in [2.24, 2.45) is 0 Å². The zero-order valence-electron chi connectivity index (χ0n) is 19.0. The van der Waals surface area contributed by atoms with Crippen molar-refractivity contribution in [2.45, 2.75) is 26.5 Å². The summed E-state index contributed by atoms with van der Waals surface area (Å²) in [5.41, 5.74) is 2.98. The number of imidazole rings is 1. The van der Waals surface area contributed by atoms with Crippen LogP contribution in [-0.2, 0) is 22.7 Å². The number of carbonyl (C=O) groups is 2. The Labute approximate surface area is 197 Å². The molecule has 0 aliphatic carbocycles. The van der Waals surface area contributed by atoms with Crippen LogP contribution in [-0.4, -0.2) is 44.3 Å². The molecule has 8 nitrogen and oxygen atoms in total. The molecule has 4 aromatic rings. The van der Waals surface area contributed by atoms with Crippen LogP contribution in [0.3, 0.4) is 0 Å². The average molecular weight is 459 g/mol. The lowest BCUT2D eigenvalue weighted by Gasteiger charge is -2.23. The molecule has 0 fully saturated rings. The van der Waals surface area contributed by atoms with E-state index in [1.54, 1.807) is 48.5 Å². The molecule has 0 N–H and O–H groups in total. The molecule has 0 radical (unpaired) electrons. The number of nitrogens with zero attached hydrogens (tertiary/aromatic N) is 4. The number of benzene rings is 1. The first-order valence-corrected chi connectivity index (χ1v) is 11.1. The van der Waals surface area contributed by atoms with Crippen molar-refractivity contribution >= 4 is 17.5 Å². The number of pyridine rings is 2. The van der Waals surface area contributed by atoms with Crippen LogP contribution >= 0.6 is 0 Å². The monoisotopic (exact) mass is 458 g/mol. The van der Waals surface area contributed by atoms with Gasteiger partial charge in [-0.25, -0.2) is 4.98 Å². The summed E-state index contributed by atoms with van der Waals surface area (Å²) in [7, 11) is 0. The van der Waals surface area contributed by atoms with Crippen LogP contribution in [0, 0.1) is 0 Å². The maximum absolute atomic E-state index is 13.3. The summed E-state index contributed by atoms with van der Waals surface area (Å²) in [6, 6.07) is 16.5. The van der Waals surface area contributed by atoms with E-state index in [0.29, 0.717) is 24.5 Å². The van der Waals surface area contributed by atoms with Crippen LogP contribution < -0.4 is 4.74 Å².